The van der Waals surface area contributed by atoms with E-state index in [4.69, 9.17) is 4.43 Å². The summed E-state index contributed by atoms with van der Waals surface area (Å²) in [4.78, 5) is 0. The number of hydrogen-bond donors (Lipinski definition) is 0. The molecule has 2 heteroatoms. The van der Waals surface area contributed by atoms with Gasteiger partial charge in [-0.3, -0.25) is 0 Å². The largest absolute Gasteiger partial charge is 0.412 e. The Kier molecular flexibility index (Phi) is 3.96. The maximum absolute atomic E-state index is 6.31. The monoisotopic (exact) mass is 212 g/mol. The SMILES string of the molecule is CC1(O[Si](C)(C)C)CCC=CCCC1. The van der Waals surface area contributed by atoms with Crippen molar-refractivity contribution in [2.75, 3.05) is 0 Å². The molecular weight excluding hydrogens is 188 g/mol. The van der Waals surface area contributed by atoms with E-state index in [2.05, 4.69) is 38.7 Å². The smallest absolute Gasteiger partial charge is 0.184 e. The zero-order valence-electron chi connectivity index (χ0n) is 10.1. The van der Waals surface area contributed by atoms with Crippen LogP contribution >= 0.6 is 0 Å². The first-order chi connectivity index (χ1) is 6.41. The van der Waals surface area contributed by atoms with Crippen LogP contribution in [-0.2, 0) is 4.43 Å². The molecule has 1 aliphatic carbocycles. The van der Waals surface area contributed by atoms with E-state index in [9.17, 15) is 0 Å². The Morgan fingerprint density at radius 1 is 1.07 bits per heavy atom. The molecule has 1 nitrogen and oxygen atoms in total. The van der Waals surface area contributed by atoms with Crippen LogP contribution in [0.15, 0.2) is 12.2 Å². The molecule has 0 radical (unpaired) electrons. The highest BCUT2D eigenvalue weighted by Gasteiger charge is 2.30. The quantitative estimate of drug-likeness (QED) is 0.494. The normalized spacial score (nSPS) is 29.7. The standard InChI is InChI=1S/C12H24OSi/c1-12(13-14(2,3)4)10-8-6-5-7-9-11-12/h5-6H,7-11H2,1-4H3. The van der Waals surface area contributed by atoms with E-state index in [0.29, 0.717) is 0 Å². The first-order valence-electron chi connectivity index (χ1n) is 5.77. The summed E-state index contributed by atoms with van der Waals surface area (Å²) in [6.45, 7) is 9.15. The Labute approximate surface area is 89.7 Å². The molecule has 0 aliphatic heterocycles. The minimum Gasteiger partial charge on any atom is -0.412 e. The number of hydrogen-bond acceptors (Lipinski definition) is 1. The summed E-state index contributed by atoms with van der Waals surface area (Å²) in [6, 6.07) is 0. The van der Waals surface area contributed by atoms with Crippen LogP contribution in [0.2, 0.25) is 19.6 Å². The highest BCUT2D eigenvalue weighted by molar-refractivity contribution is 6.69. The highest BCUT2D eigenvalue weighted by Crippen LogP contribution is 2.30. The van der Waals surface area contributed by atoms with Crippen molar-refractivity contribution in [3.05, 3.63) is 12.2 Å². The molecule has 0 aromatic carbocycles. The molecule has 0 saturated carbocycles. The van der Waals surface area contributed by atoms with Gasteiger partial charge in [0, 0.05) is 0 Å². The maximum atomic E-state index is 6.31. The first kappa shape index (κ1) is 12.0. The molecule has 0 aromatic heterocycles. The minimum absolute atomic E-state index is 0.148. The van der Waals surface area contributed by atoms with Gasteiger partial charge in [-0.25, -0.2) is 0 Å². The molecule has 0 fully saturated rings. The summed E-state index contributed by atoms with van der Waals surface area (Å²) in [5.41, 5.74) is 0.148. The molecule has 1 atom stereocenters. The van der Waals surface area contributed by atoms with Crippen molar-refractivity contribution in [1.82, 2.24) is 0 Å². The summed E-state index contributed by atoms with van der Waals surface area (Å²) >= 11 is 0. The average molecular weight is 212 g/mol. The van der Waals surface area contributed by atoms with Crippen LogP contribution in [0, 0.1) is 0 Å². The summed E-state index contributed by atoms with van der Waals surface area (Å²) < 4.78 is 6.31. The molecule has 0 aromatic rings. The average Bonchev–Trinajstić information content (AvgIpc) is 1.95. The van der Waals surface area contributed by atoms with Gasteiger partial charge < -0.3 is 4.43 Å². The van der Waals surface area contributed by atoms with Crippen molar-refractivity contribution < 1.29 is 4.43 Å². The van der Waals surface area contributed by atoms with Crippen molar-refractivity contribution in [2.24, 2.45) is 0 Å². The Balaban J connectivity index is 2.57. The lowest BCUT2D eigenvalue weighted by Crippen LogP contribution is -2.40. The molecule has 1 aliphatic rings. The Bertz CT molecular complexity index is 205. The number of rotatable bonds is 2. The Hall–Kier alpha value is -0.0831. The van der Waals surface area contributed by atoms with Gasteiger partial charge in [-0.05, 0) is 58.7 Å². The third-order valence-electron chi connectivity index (χ3n) is 2.64. The summed E-state index contributed by atoms with van der Waals surface area (Å²) in [5.74, 6) is 0. The van der Waals surface area contributed by atoms with Crippen LogP contribution in [0.4, 0.5) is 0 Å². The fraction of sp³-hybridized carbons (Fsp3) is 0.833. The van der Waals surface area contributed by atoms with E-state index in [0.717, 1.165) is 0 Å². The van der Waals surface area contributed by atoms with Gasteiger partial charge in [-0.15, -0.1) is 0 Å². The van der Waals surface area contributed by atoms with E-state index >= 15 is 0 Å². The second-order valence-electron chi connectivity index (χ2n) is 5.57. The van der Waals surface area contributed by atoms with Crippen LogP contribution in [0.25, 0.3) is 0 Å². The molecule has 0 bridgehead atoms. The lowest BCUT2D eigenvalue weighted by Gasteiger charge is -2.37. The predicted molar refractivity (Wildman–Crippen MR) is 65.1 cm³/mol. The minimum atomic E-state index is -1.38. The van der Waals surface area contributed by atoms with Crippen LogP contribution in [0.3, 0.4) is 0 Å². The van der Waals surface area contributed by atoms with Crippen molar-refractivity contribution in [3.8, 4) is 0 Å². The lowest BCUT2D eigenvalue weighted by atomic mass is 9.91. The third-order valence-corrected chi connectivity index (χ3v) is 3.74. The Morgan fingerprint density at radius 2 is 1.71 bits per heavy atom. The van der Waals surface area contributed by atoms with Gasteiger partial charge in [0.05, 0.1) is 5.60 Å². The second kappa shape index (κ2) is 4.62. The van der Waals surface area contributed by atoms with E-state index < -0.39 is 8.32 Å². The molecular formula is C12H24OSi. The molecule has 0 heterocycles. The molecule has 1 rings (SSSR count). The van der Waals surface area contributed by atoms with Gasteiger partial charge in [0.25, 0.3) is 0 Å². The van der Waals surface area contributed by atoms with Crippen LogP contribution < -0.4 is 0 Å². The summed E-state index contributed by atoms with van der Waals surface area (Å²) in [6.07, 6.45) is 10.7. The summed E-state index contributed by atoms with van der Waals surface area (Å²) in [5, 5.41) is 0. The van der Waals surface area contributed by atoms with Crippen LogP contribution in [0.5, 0.6) is 0 Å². The predicted octanol–water partition coefficient (Wildman–Crippen LogP) is 4.12. The van der Waals surface area contributed by atoms with Crippen LogP contribution in [0.1, 0.15) is 39.0 Å². The molecule has 0 saturated heterocycles. The van der Waals surface area contributed by atoms with Crippen LogP contribution in [-0.4, -0.2) is 13.9 Å². The zero-order valence-corrected chi connectivity index (χ0v) is 11.1. The molecule has 0 amide bonds. The zero-order chi connectivity index (χ0) is 10.7. The molecule has 14 heavy (non-hydrogen) atoms. The van der Waals surface area contributed by atoms with Gasteiger partial charge in [0.15, 0.2) is 8.32 Å². The van der Waals surface area contributed by atoms with Gasteiger partial charge in [0.1, 0.15) is 0 Å². The second-order valence-corrected chi connectivity index (χ2v) is 10.00. The fourth-order valence-electron chi connectivity index (χ4n) is 2.18. The lowest BCUT2D eigenvalue weighted by molar-refractivity contribution is 0.0598. The van der Waals surface area contributed by atoms with E-state index in [-0.39, 0.29) is 5.60 Å². The molecule has 0 spiro atoms. The molecule has 82 valence electrons. The Morgan fingerprint density at radius 3 is 2.36 bits per heavy atom. The van der Waals surface area contributed by atoms with Gasteiger partial charge in [-0.1, -0.05) is 12.2 Å². The van der Waals surface area contributed by atoms with E-state index in [1.807, 2.05) is 0 Å². The van der Waals surface area contributed by atoms with E-state index in [1.165, 1.54) is 32.1 Å². The molecule has 0 N–H and O–H groups in total. The van der Waals surface area contributed by atoms with Gasteiger partial charge in [-0.2, -0.15) is 0 Å². The van der Waals surface area contributed by atoms with Gasteiger partial charge >= 0.3 is 0 Å². The maximum Gasteiger partial charge on any atom is 0.184 e. The summed E-state index contributed by atoms with van der Waals surface area (Å²) in [7, 11) is -1.38. The van der Waals surface area contributed by atoms with Crippen molar-refractivity contribution >= 4 is 8.32 Å². The van der Waals surface area contributed by atoms with Crippen molar-refractivity contribution in [3.63, 3.8) is 0 Å². The topological polar surface area (TPSA) is 9.23 Å². The van der Waals surface area contributed by atoms with Crippen molar-refractivity contribution in [1.29, 1.82) is 0 Å². The van der Waals surface area contributed by atoms with Crippen molar-refractivity contribution in [2.45, 2.75) is 64.3 Å². The highest BCUT2D eigenvalue weighted by atomic mass is 28.4. The molecule has 1 unspecified atom stereocenters. The third kappa shape index (κ3) is 4.42. The van der Waals surface area contributed by atoms with E-state index in [1.54, 1.807) is 0 Å². The first-order valence-corrected chi connectivity index (χ1v) is 9.17. The van der Waals surface area contributed by atoms with Gasteiger partial charge in [0.2, 0.25) is 0 Å². The number of allylic oxidation sites excluding steroid dienone is 2. The fourth-order valence-corrected chi connectivity index (χ4v) is 3.87.